The molecular weight excluding hydrogens is 580 g/mol. The van der Waals surface area contributed by atoms with Crippen LogP contribution in [-0.4, -0.2) is 39.3 Å². The van der Waals surface area contributed by atoms with Crippen LogP contribution in [-0.2, 0) is 30.7 Å². The molecule has 1 aliphatic carbocycles. The number of hydrogen-bond acceptors (Lipinski definition) is 12. The van der Waals surface area contributed by atoms with E-state index < -0.39 is 16.6 Å². The number of ether oxygens (including phenoxy) is 1. The number of amides is 1. The Labute approximate surface area is 254 Å². The average molecular weight is 609 g/mol. The number of nitrogens with zero attached hydrogens (tertiary/aromatic N) is 4. The van der Waals surface area contributed by atoms with Gasteiger partial charge in [-0.25, -0.2) is 14.8 Å². The lowest BCUT2D eigenvalue weighted by atomic mass is 10.0. The summed E-state index contributed by atoms with van der Waals surface area (Å²) < 4.78 is 10.4. The quantitative estimate of drug-likeness (QED) is 0.101. The Morgan fingerprint density at radius 3 is 2.78 bits per heavy atom. The lowest BCUT2D eigenvalue weighted by Gasteiger charge is -2.22. The molecule has 3 aromatic carbocycles. The van der Waals surface area contributed by atoms with Crippen molar-refractivity contribution in [2.45, 2.75) is 38.5 Å². The second-order valence-corrected chi connectivity index (χ2v) is 11.0. The molecule has 1 aliphatic heterocycles. The van der Waals surface area contributed by atoms with Crippen LogP contribution < -0.4 is 37.9 Å². The van der Waals surface area contributed by atoms with Crippen molar-refractivity contribution < 1.29 is 14.1 Å². The Hall–Kier alpha value is -5.47. The molecule has 0 saturated carbocycles. The number of rotatable bonds is 10. The molecule has 3 heterocycles. The standard InChI is InChI=1S/C31H28N8O6/c32-25-26(28(41)27(25)40)39-8-7-17-2-1-16(9-24(17)39)12-33-30(42)23-11-20(34-14-35-23)13-44-15-36-22-6-4-18-10-19(3-5-21(18)22)29-37-31(43)45-38-29/h1-3,5,9-11,14,22,36H,4,6-8,12-13,15,32H2,(H,33,42)(H,37,38,43)/t22-/m0/s1. The van der Waals surface area contributed by atoms with Crippen LogP contribution in [0.1, 0.15) is 50.9 Å². The van der Waals surface area contributed by atoms with Crippen molar-refractivity contribution in [3.63, 3.8) is 0 Å². The molecule has 1 atom stereocenters. The van der Waals surface area contributed by atoms with Gasteiger partial charge in [0.1, 0.15) is 23.4 Å². The van der Waals surface area contributed by atoms with Gasteiger partial charge in [-0.15, -0.1) is 0 Å². The number of benzene rings is 2. The maximum absolute atomic E-state index is 12.9. The molecule has 5 N–H and O–H groups in total. The molecule has 2 aromatic heterocycles. The highest BCUT2D eigenvalue weighted by Crippen LogP contribution is 2.36. The number of aryl methyl sites for hydroxylation is 1. The Balaban J connectivity index is 0.912. The number of nitrogens with two attached hydrogens (primary N) is 1. The number of carbonyl (C=O) groups excluding carboxylic acids is 1. The molecule has 0 fully saturated rings. The predicted molar refractivity (Wildman–Crippen MR) is 163 cm³/mol. The van der Waals surface area contributed by atoms with Crippen LogP contribution in [0.5, 0.6) is 0 Å². The fourth-order valence-electron chi connectivity index (χ4n) is 5.95. The van der Waals surface area contributed by atoms with Gasteiger partial charge in [0, 0.05) is 30.4 Å². The highest BCUT2D eigenvalue weighted by Gasteiger charge is 2.30. The summed E-state index contributed by atoms with van der Waals surface area (Å²) in [6, 6.07) is 13.4. The maximum Gasteiger partial charge on any atom is 0.439 e. The fourth-order valence-corrected chi connectivity index (χ4v) is 5.95. The molecule has 0 saturated heterocycles. The van der Waals surface area contributed by atoms with Crippen molar-refractivity contribution in [2.75, 3.05) is 23.9 Å². The zero-order valence-corrected chi connectivity index (χ0v) is 24.0. The topological polar surface area (TPSA) is 198 Å². The summed E-state index contributed by atoms with van der Waals surface area (Å²) in [4.78, 5) is 60.5. The number of aromatic amines is 1. The summed E-state index contributed by atoms with van der Waals surface area (Å²) in [6.45, 7) is 1.27. The molecular formula is C31H28N8O6. The number of carbonyl (C=O) groups is 1. The van der Waals surface area contributed by atoms with Crippen LogP contribution in [0.2, 0.25) is 0 Å². The summed E-state index contributed by atoms with van der Waals surface area (Å²) in [6.07, 6.45) is 3.84. The zero-order chi connectivity index (χ0) is 31.1. The number of nitrogens with one attached hydrogen (secondary N) is 3. The van der Waals surface area contributed by atoms with Gasteiger partial charge in [0.2, 0.25) is 0 Å². The number of aromatic nitrogens is 4. The van der Waals surface area contributed by atoms with Crippen molar-refractivity contribution in [2.24, 2.45) is 0 Å². The Bertz CT molecular complexity index is 2060. The molecule has 0 spiro atoms. The molecule has 14 nitrogen and oxygen atoms in total. The SMILES string of the molecule is Nc1c(N2CCc3ccc(CNC(=O)c4cc(COCN[C@H]5CCc6cc(-c7noc(=O)[nH]7)ccc65)ncn4)cc32)c(=O)c1=O. The first-order valence-corrected chi connectivity index (χ1v) is 14.4. The van der Waals surface area contributed by atoms with E-state index in [0.717, 1.165) is 47.2 Å². The summed E-state index contributed by atoms with van der Waals surface area (Å²) in [5.41, 5.74) is 11.4. The average Bonchev–Trinajstić information content (AvgIpc) is 3.80. The molecule has 0 unspecified atom stereocenters. The highest BCUT2D eigenvalue weighted by molar-refractivity contribution is 5.92. The summed E-state index contributed by atoms with van der Waals surface area (Å²) in [5.74, 6) is -0.547. The smallest absolute Gasteiger partial charge is 0.394 e. The molecule has 1 amide bonds. The molecule has 0 radical (unpaired) electrons. The van der Waals surface area contributed by atoms with E-state index in [1.54, 1.807) is 11.0 Å². The lowest BCUT2D eigenvalue weighted by Crippen LogP contribution is -2.40. The molecule has 14 heteroatoms. The van der Waals surface area contributed by atoms with E-state index in [9.17, 15) is 19.2 Å². The molecule has 5 aromatic rings. The second-order valence-electron chi connectivity index (χ2n) is 11.0. The van der Waals surface area contributed by atoms with E-state index >= 15 is 0 Å². The van der Waals surface area contributed by atoms with Crippen molar-refractivity contribution in [3.8, 4) is 11.4 Å². The third-order valence-electron chi connectivity index (χ3n) is 8.26. The van der Waals surface area contributed by atoms with Crippen LogP contribution in [0.25, 0.3) is 11.4 Å². The van der Waals surface area contributed by atoms with E-state index in [-0.39, 0.29) is 48.9 Å². The van der Waals surface area contributed by atoms with Crippen molar-refractivity contribution >= 4 is 23.0 Å². The molecule has 2 aliphatic rings. The Kier molecular flexibility index (Phi) is 7.27. The monoisotopic (exact) mass is 608 g/mol. The van der Waals surface area contributed by atoms with Gasteiger partial charge in [0.15, 0.2) is 5.82 Å². The minimum absolute atomic E-state index is 0.00603. The van der Waals surface area contributed by atoms with Crippen LogP contribution in [0, 0.1) is 0 Å². The van der Waals surface area contributed by atoms with Gasteiger partial charge in [0.05, 0.1) is 19.0 Å². The Morgan fingerprint density at radius 1 is 1.07 bits per heavy atom. The first-order chi connectivity index (χ1) is 21.9. The van der Waals surface area contributed by atoms with Gasteiger partial charge in [-0.2, -0.15) is 0 Å². The van der Waals surface area contributed by atoms with E-state index in [4.69, 9.17) is 10.5 Å². The third kappa shape index (κ3) is 5.41. The van der Waals surface area contributed by atoms with Gasteiger partial charge in [-0.05, 0) is 59.7 Å². The van der Waals surface area contributed by atoms with Gasteiger partial charge < -0.3 is 20.7 Å². The van der Waals surface area contributed by atoms with E-state index in [1.807, 2.05) is 36.4 Å². The minimum Gasteiger partial charge on any atom is -0.394 e. The lowest BCUT2D eigenvalue weighted by molar-refractivity contribution is 0.0918. The first kappa shape index (κ1) is 28.3. The van der Waals surface area contributed by atoms with Gasteiger partial charge in [-0.3, -0.25) is 29.2 Å². The number of fused-ring (bicyclic) bond motifs is 2. The number of anilines is 3. The van der Waals surface area contributed by atoms with E-state index in [0.29, 0.717) is 18.1 Å². The first-order valence-electron chi connectivity index (χ1n) is 14.4. The van der Waals surface area contributed by atoms with Crippen LogP contribution in [0.3, 0.4) is 0 Å². The Morgan fingerprint density at radius 2 is 1.96 bits per heavy atom. The van der Waals surface area contributed by atoms with Crippen molar-refractivity contribution in [3.05, 3.63) is 113 Å². The van der Waals surface area contributed by atoms with E-state index in [2.05, 4.69) is 35.3 Å². The molecule has 0 bridgehead atoms. The fraction of sp³-hybridized carbons (Fsp3) is 0.258. The predicted octanol–water partition coefficient (Wildman–Crippen LogP) is 1.37. The zero-order valence-electron chi connectivity index (χ0n) is 24.0. The van der Waals surface area contributed by atoms with Crippen molar-refractivity contribution in [1.29, 1.82) is 0 Å². The highest BCUT2D eigenvalue weighted by atomic mass is 16.5. The molecule has 45 heavy (non-hydrogen) atoms. The third-order valence-corrected chi connectivity index (χ3v) is 8.26. The summed E-state index contributed by atoms with van der Waals surface area (Å²) >= 11 is 0. The number of nitrogen functional groups attached to an aromatic ring is 1. The van der Waals surface area contributed by atoms with Gasteiger partial charge in [0.25, 0.3) is 16.8 Å². The number of hydrogen-bond donors (Lipinski definition) is 4. The largest absolute Gasteiger partial charge is 0.439 e. The molecule has 228 valence electrons. The van der Waals surface area contributed by atoms with Crippen LogP contribution >= 0.6 is 0 Å². The number of H-pyrrole nitrogens is 1. The summed E-state index contributed by atoms with van der Waals surface area (Å²) in [5, 5.41) is 10.0. The summed E-state index contributed by atoms with van der Waals surface area (Å²) in [7, 11) is 0. The molecule has 7 rings (SSSR count). The van der Waals surface area contributed by atoms with E-state index in [1.165, 1.54) is 11.9 Å². The van der Waals surface area contributed by atoms with Gasteiger partial charge >= 0.3 is 5.76 Å². The van der Waals surface area contributed by atoms with Crippen LogP contribution in [0.4, 0.5) is 17.1 Å². The second kappa shape index (κ2) is 11.6. The normalized spacial score (nSPS) is 15.4. The van der Waals surface area contributed by atoms with Gasteiger partial charge in [-0.1, -0.05) is 29.4 Å². The maximum atomic E-state index is 12.9. The van der Waals surface area contributed by atoms with Crippen LogP contribution in [0.15, 0.2) is 67.7 Å². The minimum atomic E-state index is -0.646. The van der Waals surface area contributed by atoms with Crippen molar-refractivity contribution in [1.82, 2.24) is 30.7 Å².